The highest BCUT2D eigenvalue weighted by atomic mass is 32.2. The molecule has 9 nitrogen and oxygen atoms in total. The standard InChI is InChI=1S/C18H19N3O6S/c1-2-12(22)19-11-9-28-17-14(16(24)21(17)15(11)18(25)26)20-13(23)8-27-10-6-4-3-5-7-10/h3-7,14,17H,2,8-9H2,1H3,(H,19,22)(H,20,23)(H,25,26)/t14?,17-/m0/s1. The number of amides is 3. The summed E-state index contributed by atoms with van der Waals surface area (Å²) in [6, 6.07) is 7.93. The molecule has 1 unspecified atom stereocenters. The van der Waals surface area contributed by atoms with Gasteiger partial charge in [-0.15, -0.1) is 11.8 Å². The first kappa shape index (κ1) is 19.7. The quantitative estimate of drug-likeness (QED) is 0.557. The molecule has 0 aliphatic carbocycles. The van der Waals surface area contributed by atoms with Crippen LogP contribution in [0, 0.1) is 0 Å². The number of carboxylic acid groups (broad SMARTS) is 1. The van der Waals surface area contributed by atoms with Crippen molar-refractivity contribution in [3.8, 4) is 5.75 Å². The number of thioether (sulfide) groups is 1. The smallest absolute Gasteiger partial charge is 0.354 e. The number of carbonyl (C=O) groups is 4. The van der Waals surface area contributed by atoms with Gasteiger partial charge < -0.3 is 20.5 Å². The first-order valence-electron chi connectivity index (χ1n) is 8.60. The van der Waals surface area contributed by atoms with Gasteiger partial charge >= 0.3 is 5.97 Å². The fourth-order valence-electron chi connectivity index (χ4n) is 2.85. The molecular weight excluding hydrogens is 386 g/mol. The Bertz CT molecular complexity index is 841. The lowest BCUT2D eigenvalue weighted by Gasteiger charge is -2.49. The first-order chi connectivity index (χ1) is 13.4. The summed E-state index contributed by atoms with van der Waals surface area (Å²) in [7, 11) is 0. The maximum Gasteiger partial charge on any atom is 0.354 e. The lowest BCUT2D eigenvalue weighted by Crippen LogP contribution is -2.71. The van der Waals surface area contributed by atoms with Crippen LogP contribution in [-0.4, -0.2) is 57.5 Å². The zero-order chi connectivity index (χ0) is 20.3. The molecule has 3 rings (SSSR count). The van der Waals surface area contributed by atoms with E-state index in [2.05, 4.69) is 10.6 Å². The average Bonchev–Trinajstić information content (AvgIpc) is 2.70. The van der Waals surface area contributed by atoms with Crippen molar-refractivity contribution in [3.05, 3.63) is 41.7 Å². The number of ether oxygens (including phenoxy) is 1. The summed E-state index contributed by atoms with van der Waals surface area (Å²) < 4.78 is 5.35. The molecule has 28 heavy (non-hydrogen) atoms. The fraction of sp³-hybridized carbons (Fsp3) is 0.333. The Morgan fingerprint density at radius 2 is 1.96 bits per heavy atom. The van der Waals surface area contributed by atoms with E-state index in [9.17, 15) is 24.3 Å². The van der Waals surface area contributed by atoms with Crippen LogP contribution in [0.2, 0.25) is 0 Å². The molecule has 0 bridgehead atoms. The molecule has 2 heterocycles. The van der Waals surface area contributed by atoms with Crippen molar-refractivity contribution in [1.82, 2.24) is 15.5 Å². The third kappa shape index (κ3) is 3.96. The molecule has 3 N–H and O–H groups in total. The molecule has 0 aromatic heterocycles. The van der Waals surface area contributed by atoms with E-state index in [0.717, 1.165) is 4.90 Å². The van der Waals surface area contributed by atoms with Crippen LogP contribution in [0.15, 0.2) is 41.7 Å². The monoisotopic (exact) mass is 405 g/mol. The van der Waals surface area contributed by atoms with Crippen LogP contribution in [0.25, 0.3) is 0 Å². The van der Waals surface area contributed by atoms with E-state index in [1.54, 1.807) is 31.2 Å². The Hall–Kier alpha value is -3.01. The van der Waals surface area contributed by atoms with Crippen LogP contribution in [0.4, 0.5) is 0 Å². The van der Waals surface area contributed by atoms with E-state index >= 15 is 0 Å². The Balaban J connectivity index is 1.64. The van der Waals surface area contributed by atoms with E-state index in [-0.39, 0.29) is 36.1 Å². The summed E-state index contributed by atoms with van der Waals surface area (Å²) in [4.78, 5) is 48.9. The topological polar surface area (TPSA) is 125 Å². The minimum absolute atomic E-state index is 0.186. The predicted molar refractivity (Wildman–Crippen MR) is 100 cm³/mol. The second-order valence-electron chi connectivity index (χ2n) is 6.09. The Morgan fingerprint density at radius 3 is 2.61 bits per heavy atom. The lowest BCUT2D eigenvalue weighted by molar-refractivity contribution is -0.151. The number of carboxylic acids is 1. The number of benzene rings is 1. The van der Waals surface area contributed by atoms with Gasteiger partial charge in [-0.1, -0.05) is 25.1 Å². The van der Waals surface area contributed by atoms with Gasteiger partial charge in [0.15, 0.2) is 12.3 Å². The molecule has 1 fully saturated rings. The zero-order valence-corrected chi connectivity index (χ0v) is 15.8. The van der Waals surface area contributed by atoms with Gasteiger partial charge in [0, 0.05) is 12.2 Å². The van der Waals surface area contributed by atoms with E-state index in [1.807, 2.05) is 6.07 Å². The zero-order valence-electron chi connectivity index (χ0n) is 15.0. The summed E-state index contributed by atoms with van der Waals surface area (Å²) in [6.07, 6.45) is 0.193. The summed E-state index contributed by atoms with van der Waals surface area (Å²) in [6.45, 7) is 1.39. The largest absolute Gasteiger partial charge is 0.484 e. The Morgan fingerprint density at radius 1 is 1.25 bits per heavy atom. The molecule has 3 amide bonds. The van der Waals surface area contributed by atoms with Gasteiger partial charge in [-0.3, -0.25) is 19.3 Å². The van der Waals surface area contributed by atoms with E-state index in [1.165, 1.54) is 11.8 Å². The van der Waals surface area contributed by atoms with Gasteiger partial charge in [-0.2, -0.15) is 0 Å². The molecule has 0 spiro atoms. The molecule has 1 aromatic rings. The van der Waals surface area contributed by atoms with Crippen molar-refractivity contribution in [3.63, 3.8) is 0 Å². The third-order valence-electron chi connectivity index (χ3n) is 4.21. The van der Waals surface area contributed by atoms with Crippen molar-refractivity contribution in [1.29, 1.82) is 0 Å². The van der Waals surface area contributed by atoms with Gasteiger partial charge in [0.1, 0.15) is 17.2 Å². The van der Waals surface area contributed by atoms with Gasteiger partial charge in [-0.05, 0) is 12.1 Å². The van der Waals surface area contributed by atoms with Crippen molar-refractivity contribution in [2.75, 3.05) is 12.4 Å². The van der Waals surface area contributed by atoms with Gasteiger partial charge in [0.05, 0.1) is 5.70 Å². The number of aliphatic carboxylic acids is 1. The fourth-order valence-corrected chi connectivity index (χ4v) is 4.13. The highest BCUT2D eigenvalue weighted by Gasteiger charge is 2.54. The first-order valence-corrected chi connectivity index (χ1v) is 9.65. The second-order valence-corrected chi connectivity index (χ2v) is 7.20. The van der Waals surface area contributed by atoms with Crippen molar-refractivity contribution in [2.24, 2.45) is 0 Å². The van der Waals surface area contributed by atoms with E-state index in [0.29, 0.717) is 5.75 Å². The summed E-state index contributed by atoms with van der Waals surface area (Å²) in [5.41, 5.74) is -0.0623. The van der Waals surface area contributed by atoms with Gasteiger partial charge in [0.25, 0.3) is 11.8 Å². The number of rotatable bonds is 7. The van der Waals surface area contributed by atoms with Crippen LogP contribution in [0.5, 0.6) is 5.75 Å². The number of fused-ring (bicyclic) bond motifs is 1. The highest BCUT2D eigenvalue weighted by molar-refractivity contribution is 8.00. The molecule has 10 heteroatoms. The highest BCUT2D eigenvalue weighted by Crippen LogP contribution is 2.39. The van der Waals surface area contributed by atoms with Crippen LogP contribution in [-0.2, 0) is 19.2 Å². The van der Waals surface area contributed by atoms with Crippen LogP contribution in [0.3, 0.4) is 0 Å². The average molecular weight is 405 g/mol. The van der Waals surface area contributed by atoms with Crippen molar-refractivity contribution >= 4 is 35.5 Å². The minimum Gasteiger partial charge on any atom is -0.484 e. The number of β-lactam (4-membered cyclic amide) rings is 1. The summed E-state index contributed by atoms with van der Waals surface area (Å²) in [5.74, 6) is -1.90. The summed E-state index contributed by atoms with van der Waals surface area (Å²) in [5, 5.41) is 14.1. The molecule has 2 atom stereocenters. The molecule has 148 valence electrons. The van der Waals surface area contributed by atoms with E-state index in [4.69, 9.17) is 4.74 Å². The molecular formula is C18H19N3O6S. The SMILES string of the molecule is CCC(=O)NC1=C(C(=O)O)N2C(=O)C(NC(=O)COc3ccccc3)[C@@H]2SC1. The minimum atomic E-state index is -1.30. The second kappa shape index (κ2) is 8.34. The number of nitrogens with zero attached hydrogens (tertiary/aromatic N) is 1. The lowest BCUT2D eigenvalue weighted by atomic mass is 10.0. The Labute approximate surface area is 165 Å². The molecule has 1 aromatic carbocycles. The summed E-state index contributed by atoms with van der Waals surface area (Å²) >= 11 is 1.28. The molecule has 2 aliphatic heterocycles. The van der Waals surface area contributed by atoms with Crippen LogP contribution < -0.4 is 15.4 Å². The predicted octanol–water partition coefficient (Wildman–Crippen LogP) is 0.288. The number of para-hydroxylation sites is 1. The molecule has 1 saturated heterocycles. The third-order valence-corrected chi connectivity index (χ3v) is 5.49. The molecule has 0 radical (unpaired) electrons. The van der Waals surface area contributed by atoms with Crippen molar-refractivity contribution in [2.45, 2.75) is 24.8 Å². The van der Waals surface area contributed by atoms with Crippen LogP contribution >= 0.6 is 11.8 Å². The number of carbonyl (C=O) groups excluding carboxylic acids is 3. The van der Waals surface area contributed by atoms with Gasteiger partial charge in [-0.25, -0.2) is 4.79 Å². The number of hydrogen-bond donors (Lipinski definition) is 3. The number of nitrogens with one attached hydrogen (secondary N) is 2. The normalized spacial score (nSPS) is 20.8. The maximum atomic E-state index is 12.5. The number of hydrogen-bond acceptors (Lipinski definition) is 6. The Kier molecular flexibility index (Phi) is 5.88. The van der Waals surface area contributed by atoms with Gasteiger partial charge in [0.2, 0.25) is 5.91 Å². The maximum absolute atomic E-state index is 12.5. The van der Waals surface area contributed by atoms with Crippen LogP contribution in [0.1, 0.15) is 13.3 Å². The van der Waals surface area contributed by atoms with E-state index < -0.39 is 29.2 Å². The molecule has 2 aliphatic rings. The molecule has 0 saturated carbocycles. The van der Waals surface area contributed by atoms with Crippen molar-refractivity contribution < 1.29 is 29.0 Å².